The Morgan fingerprint density at radius 2 is 2.29 bits per heavy atom. The van der Waals surface area contributed by atoms with Crippen LogP contribution in [-0.2, 0) is 0 Å². The van der Waals surface area contributed by atoms with Crippen LogP contribution in [0.3, 0.4) is 0 Å². The molecule has 3 nitrogen and oxygen atoms in total. The van der Waals surface area contributed by atoms with E-state index in [1.165, 1.54) is 0 Å². The second kappa shape index (κ2) is 5.67. The monoisotopic (exact) mass is 368 g/mol. The van der Waals surface area contributed by atoms with Crippen LogP contribution in [0.4, 0.5) is 0 Å². The highest BCUT2D eigenvalue weighted by Crippen LogP contribution is 2.19. The van der Waals surface area contributed by atoms with Crippen molar-refractivity contribution in [3.63, 3.8) is 0 Å². The van der Waals surface area contributed by atoms with E-state index in [1.807, 2.05) is 18.2 Å². The third-order valence-electron chi connectivity index (χ3n) is 1.60. The van der Waals surface area contributed by atoms with Crippen molar-refractivity contribution in [2.75, 3.05) is 13.1 Å². The smallest absolute Gasteiger partial charge is 0.252 e. The molecule has 14 heavy (non-hydrogen) atoms. The van der Waals surface area contributed by atoms with Crippen LogP contribution >= 0.6 is 38.5 Å². The first-order valence-electron chi connectivity index (χ1n) is 4.08. The molecule has 76 valence electrons. The number of carbonyl (C=O) groups is 1. The van der Waals surface area contributed by atoms with Crippen LogP contribution in [0, 0.1) is 3.57 Å². The highest BCUT2D eigenvalue weighted by atomic mass is 127. The first kappa shape index (κ1) is 11.9. The molecule has 0 saturated carbocycles. The van der Waals surface area contributed by atoms with Gasteiger partial charge >= 0.3 is 0 Å². The predicted molar refractivity (Wildman–Crippen MR) is 68.2 cm³/mol. The highest BCUT2D eigenvalue weighted by Gasteiger charge is 2.08. The maximum atomic E-state index is 11.6. The van der Waals surface area contributed by atoms with Crippen LogP contribution in [-0.4, -0.2) is 19.0 Å². The molecular weight excluding hydrogens is 359 g/mol. The Hall–Kier alpha value is -0.140. The summed E-state index contributed by atoms with van der Waals surface area (Å²) in [5.74, 6) is -0.0964. The van der Waals surface area contributed by atoms with Crippen molar-refractivity contribution in [2.24, 2.45) is 5.73 Å². The van der Waals surface area contributed by atoms with Gasteiger partial charge in [-0.3, -0.25) is 4.79 Å². The van der Waals surface area contributed by atoms with E-state index in [0.717, 1.165) is 8.04 Å². The van der Waals surface area contributed by atoms with Gasteiger partial charge in [0.25, 0.3) is 5.91 Å². The molecule has 1 rings (SSSR count). The zero-order valence-corrected chi connectivity index (χ0v) is 11.1. The second-order valence-corrected chi connectivity index (χ2v) is 4.77. The van der Waals surface area contributed by atoms with E-state index in [-0.39, 0.29) is 5.91 Å². The van der Waals surface area contributed by atoms with Gasteiger partial charge in [0.15, 0.2) is 0 Å². The summed E-state index contributed by atoms with van der Waals surface area (Å²) in [4.78, 5) is 11.6. The summed E-state index contributed by atoms with van der Waals surface area (Å²) in [5, 5.41) is 2.72. The lowest BCUT2D eigenvalue weighted by molar-refractivity contribution is 0.0954. The van der Waals surface area contributed by atoms with Crippen molar-refractivity contribution in [1.29, 1.82) is 0 Å². The van der Waals surface area contributed by atoms with Gasteiger partial charge < -0.3 is 11.1 Å². The SMILES string of the molecule is NCCNC(=O)c1cc(I)ccc1Br. The maximum Gasteiger partial charge on any atom is 0.252 e. The Labute approximate surface area is 105 Å². The Morgan fingerprint density at radius 1 is 1.57 bits per heavy atom. The second-order valence-electron chi connectivity index (χ2n) is 2.67. The molecule has 0 heterocycles. The zero-order chi connectivity index (χ0) is 10.6. The van der Waals surface area contributed by atoms with E-state index in [9.17, 15) is 4.79 Å². The van der Waals surface area contributed by atoms with Crippen molar-refractivity contribution in [3.8, 4) is 0 Å². The summed E-state index contributed by atoms with van der Waals surface area (Å²) in [6, 6.07) is 5.62. The van der Waals surface area contributed by atoms with Gasteiger partial charge in [-0.25, -0.2) is 0 Å². The molecule has 0 aliphatic carbocycles. The van der Waals surface area contributed by atoms with E-state index in [0.29, 0.717) is 18.7 Å². The molecule has 0 unspecified atom stereocenters. The predicted octanol–water partition coefficient (Wildman–Crippen LogP) is 1.74. The minimum absolute atomic E-state index is 0.0964. The van der Waals surface area contributed by atoms with Gasteiger partial charge in [0, 0.05) is 21.1 Å². The van der Waals surface area contributed by atoms with Gasteiger partial charge in [-0.2, -0.15) is 0 Å². The molecule has 1 aromatic carbocycles. The lowest BCUT2D eigenvalue weighted by Crippen LogP contribution is -2.29. The molecule has 1 aromatic rings. The first-order valence-corrected chi connectivity index (χ1v) is 5.95. The summed E-state index contributed by atoms with van der Waals surface area (Å²) in [6.07, 6.45) is 0. The van der Waals surface area contributed by atoms with Crippen LogP contribution in [0.25, 0.3) is 0 Å². The standard InChI is InChI=1S/C9H10BrIN2O/c10-8-2-1-6(11)5-7(8)9(14)13-4-3-12/h1-2,5H,3-4,12H2,(H,13,14). The summed E-state index contributed by atoms with van der Waals surface area (Å²) in [5.41, 5.74) is 5.94. The molecule has 3 N–H and O–H groups in total. The van der Waals surface area contributed by atoms with Crippen LogP contribution in [0.2, 0.25) is 0 Å². The lowest BCUT2D eigenvalue weighted by Gasteiger charge is -2.05. The summed E-state index contributed by atoms with van der Waals surface area (Å²) >= 11 is 5.50. The number of rotatable bonds is 3. The number of benzene rings is 1. The molecule has 5 heteroatoms. The third-order valence-corrected chi connectivity index (χ3v) is 2.97. The van der Waals surface area contributed by atoms with Gasteiger partial charge in [-0.05, 0) is 56.7 Å². The molecule has 1 amide bonds. The van der Waals surface area contributed by atoms with Crippen LogP contribution in [0.1, 0.15) is 10.4 Å². The Kier molecular flexibility index (Phi) is 4.83. The van der Waals surface area contributed by atoms with E-state index in [4.69, 9.17) is 5.73 Å². The fourth-order valence-corrected chi connectivity index (χ4v) is 1.87. The minimum Gasteiger partial charge on any atom is -0.351 e. The normalized spacial score (nSPS) is 9.93. The molecule has 0 radical (unpaired) electrons. The molecule has 0 atom stereocenters. The van der Waals surface area contributed by atoms with Gasteiger partial charge in [-0.1, -0.05) is 0 Å². The molecule has 0 aliphatic rings. The fourth-order valence-electron chi connectivity index (χ4n) is 0.952. The summed E-state index contributed by atoms with van der Waals surface area (Å²) in [7, 11) is 0. The third kappa shape index (κ3) is 3.21. The average Bonchev–Trinajstić information content (AvgIpc) is 2.18. The number of carbonyl (C=O) groups excluding carboxylic acids is 1. The van der Waals surface area contributed by atoms with Gasteiger partial charge in [0.1, 0.15) is 0 Å². The van der Waals surface area contributed by atoms with Crippen molar-refractivity contribution in [3.05, 3.63) is 31.8 Å². The minimum atomic E-state index is -0.0964. The molecule has 0 saturated heterocycles. The number of amides is 1. The Balaban J connectivity index is 2.83. The topological polar surface area (TPSA) is 55.1 Å². The van der Waals surface area contributed by atoms with Gasteiger partial charge in [0.05, 0.1) is 5.56 Å². The van der Waals surface area contributed by atoms with E-state index in [2.05, 4.69) is 43.8 Å². The fraction of sp³-hybridized carbons (Fsp3) is 0.222. The van der Waals surface area contributed by atoms with Crippen molar-refractivity contribution < 1.29 is 4.79 Å². The van der Waals surface area contributed by atoms with Crippen LogP contribution in [0.15, 0.2) is 22.7 Å². The zero-order valence-electron chi connectivity index (χ0n) is 7.39. The van der Waals surface area contributed by atoms with Gasteiger partial charge in [0.2, 0.25) is 0 Å². The molecule has 0 bridgehead atoms. The number of nitrogens with one attached hydrogen (secondary N) is 1. The lowest BCUT2D eigenvalue weighted by atomic mass is 10.2. The molecule has 0 aromatic heterocycles. The summed E-state index contributed by atoms with van der Waals surface area (Å²) in [6.45, 7) is 0.948. The van der Waals surface area contributed by atoms with E-state index in [1.54, 1.807) is 0 Å². The number of hydrogen-bond donors (Lipinski definition) is 2. The summed E-state index contributed by atoms with van der Waals surface area (Å²) < 4.78 is 1.83. The quantitative estimate of drug-likeness (QED) is 0.798. The number of nitrogens with two attached hydrogens (primary N) is 1. The average molecular weight is 369 g/mol. The largest absolute Gasteiger partial charge is 0.351 e. The van der Waals surface area contributed by atoms with E-state index < -0.39 is 0 Å². The Bertz CT molecular complexity index is 344. The van der Waals surface area contributed by atoms with Crippen LogP contribution in [0.5, 0.6) is 0 Å². The van der Waals surface area contributed by atoms with E-state index >= 15 is 0 Å². The maximum absolute atomic E-state index is 11.6. The first-order chi connectivity index (χ1) is 6.65. The molecular formula is C9H10BrIN2O. The van der Waals surface area contributed by atoms with Gasteiger partial charge in [-0.15, -0.1) is 0 Å². The Morgan fingerprint density at radius 3 is 2.93 bits per heavy atom. The molecule has 0 fully saturated rings. The highest BCUT2D eigenvalue weighted by molar-refractivity contribution is 14.1. The molecule has 0 aliphatic heterocycles. The number of hydrogen-bond acceptors (Lipinski definition) is 2. The van der Waals surface area contributed by atoms with Crippen LogP contribution < -0.4 is 11.1 Å². The molecule has 0 spiro atoms. The van der Waals surface area contributed by atoms with Crippen molar-refractivity contribution in [1.82, 2.24) is 5.32 Å². The van der Waals surface area contributed by atoms with Crippen molar-refractivity contribution >= 4 is 44.4 Å². The number of halogens is 2. The van der Waals surface area contributed by atoms with Crippen molar-refractivity contribution in [2.45, 2.75) is 0 Å².